The number of nitrogens with zero attached hydrogens (tertiary/aromatic N) is 4. The molecule has 108 valence electrons. The molecule has 5 heteroatoms. The van der Waals surface area contributed by atoms with Crippen molar-refractivity contribution >= 4 is 17.5 Å². The highest BCUT2D eigenvalue weighted by atomic mass is 16.2. The van der Waals surface area contributed by atoms with Gasteiger partial charge in [0, 0.05) is 38.2 Å². The first-order chi connectivity index (χ1) is 10.3. The molecule has 0 atom stereocenters. The lowest BCUT2D eigenvalue weighted by Crippen LogP contribution is -2.27. The maximum Gasteiger partial charge on any atom is 0.261 e. The third-order valence-electron chi connectivity index (χ3n) is 3.72. The molecular formula is C16H18N4O. The van der Waals surface area contributed by atoms with Gasteiger partial charge in [-0.25, -0.2) is 9.97 Å². The lowest BCUT2D eigenvalue weighted by molar-refractivity contribution is 0.0992. The second-order valence-electron chi connectivity index (χ2n) is 5.17. The van der Waals surface area contributed by atoms with Crippen molar-refractivity contribution in [3.05, 3.63) is 48.3 Å². The van der Waals surface area contributed by atoms with E-state index < -0.39 is 0 Å². The van der Waals surface area contributed by atoms with Crippen LogP contribution in [0.15, 0.2) is 42.7 Å². The summed E-state index contributed by atoms with van der Waals surface area (Å²) in [4.78, 5) is 24.8. The molecule has 0 spiro atoms. The van der Waals surface area contributed by atoms with Crippen molar-refractivity contribution in [3.63, 3.8) is 0 Å². The molecule has 0 radical (unpaired) electrons. The van der Waals surface area contributed by atoms with Crippen LogP contribution in [0, 0.1) is 0 Å². The highest BCUT2D eigenvalue weighted by Gasteiger charge is 2.17. The van der Waals surface area contributed by atoms with Gasteiger partial charge in [-0.1, -0.05) is 18.2 Å². The number of aromatic nitrogens is 2. The van der Waals surface area contributed by atoms with Crippen molar-refractivity contribution in [2.24, 2.45) is 0 Å². The maximum atomic E-state index is 12.4. The molecule has 1 fully saturated rings. The molecule has 0 bridgehead atoms. The average molecular weight is 282 g/mol. The van der Waals surface area contributed by atoms with Crippen molar-refractivity contribution in [1.82, 2.24) is 9.97 Å². The normalized spacial score (nSPS) is 14.2. The Bertz CT molecular complexity index is 606. The van der Waals surface area contributed by atoms with Crippen LogP contribution < -0.4 is 9.80 Å². The van der Waals surface area contributed by atoms with Gasteiger partial charge in [-0.2, -0.15) is 0 Å². The summed E-state index contributed by atoms with van der Waals surface area (Å²) in [5, 5.41) is 0. The van der Waals surface area contributed by atoms with Gasteiger partial charge in [-0.05, 0) is 25.0 Å². The fourth-order valence-corrected chi connectivity index (χ4v) is 2.47. The van der Waals surface area contributed by atoms with Gasteiger partial charge in [-0.3, -0.25) is 4.79 Å². The summed E-state index contributed by atoms with van der Waals surface area (Å²) < 4.78 is 0. The minimum atomic E-state index is -0.103. The van der Waals surface area contributed by atoms with Crippen LogP contribution in [0.4, 0.5) is 11.6 Å². The third kappa shape index (κ3) is 2.86. The van der Waals surface area contributed by atoms with Crippen molar-refractivity contribution in [3.8, 4) is 0 Å². The van der Waals surface area contributed by atoms with E-state index in [-0.39, 0.29) is 5.91 Å². The number of carbonyl (C=O) groups is 1. The van der Waals surface area contributed by atoms with Crippen LogP contribution in [0.25, 0.3) is 0 Å². The van der Waals surface area contributed by atoms with E-state index in [1.807, 2.05) is 30.3 Å². The molecule has 1 saturated heterocycles. The summed E-state index contributed by atoms with van der Waals surface area (Å²) in [6.45, 7) is 1.99. The first-order valence-electron chi connectivity index (χ1n) is 7.16. The molecule has 3 rings (SSSR count). The number of hydrogen-bond donors (Lipinski definition) is 0. The highest BCUT2D eigenvalue weighted by Crippen LogP contribution is 2.17. The standard InChI is InChI=1S/C16H18N4O/c1-19(14-7-3-2-4-8-14)15(21)13-11-17-16(18-12-13)20-9-5-6-10-20/h2-4,7-8,11-12H,5-6,9-10H2,1H3. The van der Waals surface area contributed by atoms with E-state index in [1.54, 1.807) is 24.3 Å². The van der Waals surface area contributed by atoms with Crippen LogP contribution in [-0.4, -0.2) is 36.0 Å². The molecule has 21 heavy (non-hydrogen) atoms. The summed E-state index contributed by atoms with van der Waals surface area (Å²) in [6.07, 6.45) is 5.59. The van der Waals surface area contributed by atoms with Crippen molar-refractivity contribution in [2.75, 3.05) is 29.9 Å². The second kappa shape index (κ2) is 5.91. The zero-order valence-corrected chi connectivity index (χ0v) is 12.1. The largest absolute Gasteiger partial charge is 0.341 e. The Kier molecular flexibility index (Phi) is 3.81. The van der Waals surface area contributed by atoms with Gasteiger partial charge in [0.2, 0.25) is 5.95 Å². The van der Waals surface area contributed by atoms with Crippen LogP contribution in [-0.2, 0) is 0 Å². The summed E-state index contributed by atoms with van der Waals surface area (Å²) >= 11 is 0. The van der Waals surface area contributed by atoms with Crippen LogP contribution >= 0.6 is 0 Å². The Labute approximate surface area is 124 Å². The number of anilines is 2. The number of para-hydroxylation sites is 1. The molecule has 2 aromatic rings. The van der Waals surface area contributed by atoms with Gasteiger partial charge in [-0.15, -0.1) is 0 Å². The topological polar surface area (TPSA) is 49.3 Å². The Hall–Kier alpha value is -2.43. The van der Waals surface area contributed by atoms with E-state index in [2.05, 4.69) is 14.9 Å². The maximum absolute atomic E-state index is 12.4. The number of benzene rings is 1. The first kappa shape index (κ1) is 13.5. The van der Waals surface area contributed by atoms with Gasteiger partial charge in [0.1, 0.15) is 0 Å². The number of carbonyl (C=O) groups excluding carboxylic acids is 1. The first-order valence-corrected chi connectivity index (χ1v) is 7.16. The minimum Gasteiger partial charge on any atom is -0.341 e. The van der Waals surface area contributed by atoms with Crippen molar-refractivity contribution < 1.29 is 4.79 Å². The third-order valence-corrected chi connectivity index (χ3v) is 3.72. The van der Waals surface area contributed by atoms with Crippen LogP contribution in [0.1, 0.15) is 23.2 Å². The SMILES string of the molecule is CN(C(=O)c1cnc(N2CCCC2)nc1)c1ccccc1. The molecule has 0 N–H and O–H groups in total. The van der Waals surface area contributed by atoms with Gasteiger partial charge in [0.25, 0.3) is 5.91 Å². The molecule has 0 unspecified atom stereocenters. The van der Waals surface area contributed by atoms with Crippen LogP contribution in [0.3, 0.4) is 0 Å². The summed E-state index contributed by atoms with van der Waals surface area (Å²) in [7, 11) is 1.76. The van der Waals surface area contributed by atoms with Gasteiger partial charge in [0.15, 0.2) is 0 Å². The zero-order valence-electron chi connectivity index (χ0n) is 12.1. The van der Waals surface area contributed by atoms with Gasteiger partial charge < -0.3 is 9.80 Å². The van der Waals surface area contributed by atoms with E-state index in [0.717, 1.165) is 18.8 Å². The van der Waals surface area contributed by atoms with E-state index in [1.165, 1.54) is 12.8 Å². The predicted octanol–water partition coefficient (Wildman–Crippen LogP) is 2.35. The lowest BCUT2D eigenvalue weighted by Gasteiger charge is -2.18. The van der Waals surface area contributed by atoms with E-state index in [4.69, 9.17) is 0 Å². The van der Waals surface area contributed by atoms with Crippen molar-refractivity contribution in [2.45, 2.75) is 12.8 Å². The molecule has 1 amide bonds. The Morgan fingerprint density at radius 1 is 1.10 bits per heavy atom. The molecule has 0 aliphatic carbocycles. The van der Waals surface area contributed by atoms with Gasteiger partial charge >= 0.3 is 0 Å². The van der Waals surface area contributed by atoms with E-state index in [9.17, 15) is 4.79 Å². The Morgan fingerprint density at radius 3 is 2.33 bits per heavy atom. The second-order valence-corrected chi connectivity index (χ2v) is 5.17. The highest BCUT2D eigenvalue weighted by molar-refractivity contribution is 6.05. The fraction of sp³-hybridized carbons (Fsp3) is 0.312. The molecule has 1 aliphatic heterocycles. The molecule has 1 aliphatic rings. The van der Waals surface area contributed by atoms with Crippen molar-refractivity contribution in [1.29, 1.82) is 0 Å². The smallest absolute Gasteiger partial charge is 0.261 e. The monoisotopic (exact) mass is 282 g/mol. The molecule has 1 aromatic heterocycles. The summed E-state index contributed by atoms with van der Waals surface area (Å²) in [6, 6.07) is 9.54. The number of rotatable bonds is 3. The Morgan fingerprint density at radius 2 is 1.71 bits per heavy atom. The molecule has 5 nitrogen and oxygen atoms in total. The number of hydrogen-bond acceptors (Lipinski definition) is 4. The van der Waals surface area contributed by atoms with Gasteiger partial charge in [0.05, 0.1) is 5.56 Å². The quantitative estimate of drug-likeness (QED) is 0.867. The average Bonchev–Trinajstić information content (AvgIpc) is 3.09. The summed E-state index contributed by atoms with van der Waals surface area (Å²) in [5.74, 6) is 0.612. The lowest BCUT2D eigenvalue weighted by atomic mass is 10.2. The van der Waals surface area contributed by atoms with E-state index >= 15 is 0 Å². The molecule has 1 aromatic carbocycles. The molecule has 0 saturated carbocycles. The van der Waals surface area contributed by atoms with E-state index in [0.29, 0.717) is 11.5 Å². The minimum absolute atomic E-state index is 0.103. The fourth-order valence-electron chi connectivity index (χ4n) is 2.47. The van der Waals surface area contributed by atoms with Crippen LogP contribution in [0.5, 0.6) is 0 Å². The summed E-state index contributed by atoms with van der Waals surface area (Å²) in [5.41, 5.74) is 1.36. The Balaban J connectivity index is 1.75. The molecule has 2 heterocycles. The zero-order chi connectivity index (χ0) is 14.7. The van der Waals surface area contributed by atoms with Crippen LogP contribution in [0.2, 0.25) is 0 Å². The number of amides is 1. The molecular weight excluding hydrogens is 264 g/mol. The predicted molar refractivity (Wildman–Crippen MR) is 82.7 cm³/mol.